The second-order valence-electron chi connectivity index (χ2n) is 5.61. The van der Waals surface area contributed by atoms with Gasteiger partial charge >= 0.3 is 0 Å². The molecule has 0 aliphatic heterocycles. The first kappa shape index (κ1) is 16.8. The van der Waals surface area contributed by atoms with Crippen LogP contribution in [-0.2, 0) is 0 Å². The van der Waals surface area contributed by atoms with Crippen molar-refractivity contribution in [1.29, 1.82) is 0 Å². The van der Waals surface area contributed by atoms with Crippen molar-refractivity contribution in [3.8, 4) is 5.69 Å². The van der Waals surface area contributed by atoms with Gasteiger partial charge in [-0.25, -0.2) is 0 Å². The van der Waals surface area contributed by atoms with Gasteiger partial charge in [0.05, 0.1) is 16.3 Å². The van der Waals surface area contributed by atoms with E-state index in [0.717, 1.165) is 15.7 Å². The van der Waals surface area contributed by atoms with Crippen LogP contribution in [0.15, 0.2) is 71.2 Å². The van der Waals surface area contributed by atoms with E-state index in [1.807, 2.05) is 36.4 Å². The van der Waals surface area contributed by atoms with Crippen molar-refractivity contribution in [1.82, 2.24) is 15.0 Å². The minimum absolute atomic E-state index is 0.286. The van der Waals surface area contributed by atoms with Crippen molar-refractivity contribution in [2.24, 2.45) is 0 Å². The lowest BCUT2D eigenvalue weighted by atomic mass is 10.2. The van der Waals surface area contributed by atoms with Crippen LogP contribution in [-0.4, -0.2) is 20.9 Å². The third-order valence-corrected chi connectivity index (χ3v) is 4.62. The summed E-state index contributed by atoms with van der Waals surface area (Å²) in [6.07, 6.45) is 0. The number of anilines is 1. The number of carbonyl (C=O) groups is 1. The summed E-state index contributed by atoms with van der Waals surface area (Å²) in [6.45, 7) is 0. The molecule has 26 heavy (non-hydrogen) atoms. The summed E-state index contributed by atoms with van der Waals surface area (Å²) in [7, 11) is 0. The highest BCUT2D eigenvalue weighted by atomic mass is 79.9. The Hall–Kier alpha value is -2.70. The molecule has 1 heterocycles. The van der Waals surface area contributed by atoms with Gasteiger partial charge in [0.15, 0.2) is 0 Å². The normalized spacial score (nSPS) is 10.8. The summed E-state index contributed by atoms with van der Waals surface area (Å²) in [4.78, 5) is 14.1. The summed E-state index contributed by atoms with van der Waals surface area (Å²) >= 11 is 9.46. The Bertz CT molecular complexity index is 1110. The molecule has 0 spiro atoms. The van der Waals surface area contributed by atoms with Crippen LogP contribution in [0.25, 0.3) is 16.7 Å². The predicted molar refractivity (Wildman–Crippen MR) is 106 cm³/mol. The topological polar surface area (TPSA) is 59.8 Å². The Labute approximate surface area is 162 Å². The molecular formula is C19H12BrClN4O. The zero-order valence-electron chi connectivity index (χ0n) is 13.4. The van der Waals surface area contributed by atoms with Gasteiger partial charge in [0, 0.05) is 10.2 Å². The molecule has 1 amide bonds. The molecule has 5 nitrogen and oxygen atoms in total. The number of para-hydroxylation sites is 1. The number of fused-ring (bicyclic) bond motifs is 1. The van der Waals surface area contributed by atoms with E-state index in [-0.39, 0.29) is 5.91 Å². The largest absolute Gasteiger partial charge is 0.322 e. The molecule has 4 rings (SSSR count). The lowest BCUT2D eigenvalue weighted by molar-refractivity contribution is 0.102. The van der Waals surface area contributed by atoms with Crippen molar-refractivity contribution in [3.63, 3.8) is 0 Å². The van der Waals surface area contributed by atoms with E-state index in [1.54, 1.807) is 35.1 Å². The van der Waals surface area contributed by atoms with Crippen LogP contribution in [0.5, 0.6) is 0 Å². The molecule has 0 unspecified atom stereocenters. The highest BCUT2D eigenvalue weighted by Gasteiger charge is 2.12. The number of nitrogens with one attached hydrogen (secondary N) is 1. The van der Waals surface area contributed by atoms with Gasteiger partial charge in [0.2, 0.25) is 0 Å². The molecule has 0 aliphatic carbocycles. The summed E-state index contributed by atoms with van der Waals surface area (Å²) < 4.78 is 0.785. The molecule has 128 valence electrons. The predicted octanol–water partition coefficient (Wildman–Crippen LogP) is 5.09. The molecule has 0 atom stereocenters. The van der Waals surface area contributed by atoms with Gasteiger partial charge in [-0.3, -0.25) is 4.79 Å². The highest BCUT2D eigenvalue weighted by molar-refractivity contribution is 9.10. The number of hydrogen-bond acceptors (Lipinski definition) is 3. The van der Waals surface area contributed by atoms with E-state index >= 15 is 0 Å². The lowest BCUT2D eigenvalue weighted by Crippen LogP contribution is -2.12. The summed E-state index contributed by atoms with van der Waals surface area (Å²) in [6, 6.07) is 20.2. The molecule has 1 aromatic heterocycles. The Kier molecular flexibility index (Phi) is 4.44. The van der Waals surface area contributed by atoms with Crippen LogP contribution in [0, 0.1) is 0 Å². The molecular weight excluding hydrogens is 416 g/mol. The smallest absolute Gasteiger partial charge is 0.257 e. The van der Waals surface area contributed by atoms with E-state index in [2.05, 4.69) is 31.4 Å². The molecule has 7 heteroatoms. The maximum Gasteiger partial charge on any atom is 0.257 e. The van der Waals surface area contributed by atoms with Gasteiger partial charge in [0.1, 0.15) is 11.0 Å². The van der Waals surface area contributed by atoms with Crippen LogP contribution in [0.4, 0.5) is 5.69 Å². The number of nitrogens with zero attached hydrogens (tertiary/aromatic N) is 3. The summed E-state index contributed by atoms with van der Waals surface area (Å²) in [5.74, 6) is -0.286. The van der Waals surface area contributed by atoms with E-state index < -0.39 is 0 Å². The summed E-state index contributed by atoms with van der Waals surface area (Å²) in [5, 5.41) is 12.2. The fourth-order valence-electron chi connectivity index (χ4n) is 2.54. The fourth-order valence-corrected chi connectivity index (χ4v) is 3.10. The first-order valence-corrected chi connectivity index (χ1v) is 8.96. The van der Waals surface area contributed by atoms with Gasteiger partial charge in [0.25, 0.3) is 5.91 Å². The quantitative estimate of drug-likeness (QED) is 0.495. The zero-order valence-corrected chi connectivity index (χ0v) is 15.7. The standard InChI is InChI=1S/C19H12BrClN4O/c20-12-6-8-16(21)15(10-12)19(26)22-13-7-9-17-18(11-13)24-25(23-17)14-4-2-1-3-5-14/h1-11H,(H,22,26). The molecule has 0 fully saturated rings. The number of hydrogen-bond donors (Lipinski definition) is 1. The van der Waals surface area contributed by atoms with Crippen LogP contribution < -0.4 is 5.32 Å². The number of benzene rings is 3. The molecule has 1 N–H and O–H groups in total. The average molecular weight is 428 g/mol. The Morgan fingerprint density at radius 2 is 1.73 bits per heavy atom. The van der Waals surface area contributed by atoms with E-state index in [1.165, 1.54) is 0 Å². The average Bonchev–Trinajstić information content (AvgIpc) is 3.08. The number of halogens is 2. The van der Waals surface area contributed by atoms with Gasteiger partial charge in [-0.1, -0.05) is 45.7 Å². The van der Waals surface area contributed by atoms with Crippen molar-refractivity contribution < 1.29 is 4.79 Å². The number of aromatic nitrogens is 3. The summed E-state index contributed by atoms with van der Waals surface area (Å²) in [5.41, 5.74) is 3.32. The third-order valence-electron chi connectivity index (χ3n) is 3.80. The highest BCUT2D eigenvalue weighted by Crippen LogP contribution is 2.23. The van der Waals surface area contributed by atoms with E-state index in [0.29, 0.717) is 21.8 Å². The van der Waals surface area contributed by atoms with Crippen LogP contribution in [0.3, 0.4) is 0 Å². The lowest BCUT2D eigenvalue weighted by Gasteiger charge is -2.07. The Morgan fingerprint density at radius 1 is 0.962 bits per heavy atom. The number of amides is 1. The van der Waals surface area contributed by atoms with Crippen molar-refractivity contribution >= 4 is 50.2 Å². The van der Waals surface area contributed by atoms with Crippen LogP contribution >= 0.6 is 27.5 Å². The molecule has 4 aromatic rings. The first-order valence-electron chi connectivity index (χ1n) is 7.79. The molecule has 0 saturated heterocycles. The second-order valence-corrected chi connectivity index (χ2v) is 6.93. The Morgan fingerprint density at radius 3 is 2.54 bits per heavy atom. The zero-order chi connectivity index (χ0) is 18.1. The van der Waals surface area contributed by atoms with E-state index in [4.69, 9.17) is 11.6 Å². The van der Waals surface area contributed by atoms with Gasteiger partial charge < -0.3 is 5.32 Å². The molecule has 0 bridgehead atoms. The molecule has 0 saturated carbocycles. The second kappa shape index (κ2) is 6.90. The molecule has 0 aliphatic rings. The maximum absolute atomic E-state index is 12.5. The minimum atomic E-state index is -0.286. The van der Waals surface area contributed by atoms with Gasteiger partial charge in [-0.15, -0.1) is 10.2 Å². The van der Waals surface area contributed by atoms with Crippen molar-refractivity contribution in [2.45, 2.75) is 0 Å². The first-order chi connectivity index (χ1) is 12.6. The molecule has 0 radical (unpaired) electrons. The Balaban J connectivity index is 1.63. The third kappa shape index (κ3) is 3.34. The molecule has 3 aromatic carbocycles. The van der Waals surface area contributed by atoms with Gasteiger partial charge in [-0.2, -0.15) is 4.80 Å². The monoisotopic (exact) mass is 426 g/mol. The fraction of sp³-hybridized carbons (Fsp3) is 0. The number of rotatable bonds is 3. The maximum atomic E-state index is 12.5. The van der Waals surface area contributed by atoms with Crippen LogP contribution in [0.2, 0.25) is 5.02 Å². The van der Waals surface area contributed by atoms with E-state index in [9.17, 15) is 4.79 Å². The van der Waals surface area contributed by atoms with Gasteiger partial charge in [-0.05, 0) is 48.5 Å². The van der Waals surface area contributed by atoms with Crippen LogP contribution in [0.1, 0.15) is 10.4 Å². The van der Waals surface area contributed by atoms with Crippen molar-refractivity contribution in [3.05, 3.63) is 81.8 Å². The minimum Gasteiger partial charge on any atom is -0.322 e. The number of carbonyl (C=O) groups excluding carboxylic acids is 1. The SMILES string of the molecule is O=C(Nc1ccc2nn(-c3ccccc3)nc2c1)c1cc(Br)ccc1Cl. The van der Waals surface area contributed by atoms with Crippen molar-refractivity contribution in [2.75, 3.05) is 5.32 Å².